The molecule has 3 rings (SSSR count). The Hall–Kier alpha value is -2.90. The average Bonchev–Trinajstić information content (AvgIpc) is 2.97. The third-order valence-corrected chi connectivity index (χ3v) is 3.86. The largest absolute Gasteiger partial charge is 0.545 e. The zero-order valence-electron chi connectivity index (χ0n) is 13.3. The maximum atomic E-state index is 13.3. The van der Waals surface area contributed by atoms with Crippen LogP contribution < -0.4 is 5.11 Å². The van der Waals surface area contributed by atoms with Crippen LogP contribution in [-0.2, 0) is 6.18 Å². The van der Waals surface area contributed by atoms with E-state index in [1.807, 2.05) is 13.8 Å². The van der Waals surface area contributed by atoms with Crippen LogP contribution in [0.2, 0.25) is 0 Å². The summed E-state index contributed by atoms with van der Waals surface area (Å²) >= 11 is 0. The predicted molar refractivity (Wildman–Crippen MR) is 81.8 cm³/mol. The predicted octanol–water partition coefficient (Wildman–Crippen LogP) is 2.90. The lowest BCUT2D eigenvalue weighted by molar-refractivity contribution is -0.254. The van der Waals surface area contributed by atoms with E-state index in [0.717, 1.165) is 17.8 Å². The van der Waals surface area contributed by atoms with Gasteiger partial charge in [-0.2, -0.15) is 18.3 Å². The number of benzene rings is 1. The summed E-state index contributed by atoms with van der Waals surface area (Å²) in [7, 11) is 0. The molecule has 2 heterocycles. The van der Waals surface area contributed by atoms with Gasteiger partial charge in [0.05, 0.1) is 23.4 Å². The molecule has 0 bridgehead atoms. The third kappa shape index (κ3) is 3.07. The quantitative estimate of drug-likeness (QED) is 0.730. The Morgan fingerprint density at radius 3 is 2.36 bits per heavy atom. The lowest BCUT2D eigenvalue weighted by Gasteiger charge is -2.12. The summed E-state index contributed by atoms with van der Waals surface area (Å²) in [5.74, 6) is -1.36. The van der Waals surface area contributed by atoms with Gasteiger partial charge in [-0.1, -0.05) is 38.1 Å². The monoisotopic (exact) mass is 348 g/mol. The lowest BCUT2D eigenvalue weighted by atomic mass is 10.0. The number of hydrogen-bond acceptors (Lipinski definition) is 4. The summed E-state index contributed by atoms with van der Waals surface area (Å²) in [4.78, 5) is 15.2. The first kappa shape index (κ1) is 16.9. The fourth-order valence-corrected chi connectivity index (χ4v) is 2.50. The molecular weight excluding hydrogens is 335 g/mol. The lowest BCUT2D eigenvalue weighted by Crippen LogP contribution is -2.22. The standard InChI is InChI=1S/C17H14F3N3O2/c1-9(2)10-3-5-11(6-4-10)13-7-14(17(18,19)20)23-15(22-13)12(8-21-23)16(24)25/h3-9H,1-2H3,(H,24,25)/p-1. The molecule has 3 aromatic rings. The molecule has 0 N–H and O–H groups in total. The van der Waals surface area contributed by atoms with Crippen LogP contribution in [0.25, 0.3) is 16.9 Å². The zero-order valence-corrected chi connectivity index (χ0v) is 13.3. The SMILES string of the molecule is CC(C)c1ccc(-c2cc(C(F)(F)F)n3ncc(C(=O)[O-])c3n2)cc1. The molecule has 0 spiro atoms. The number of aromatic carboxylic acids is 1. The van der Waals surface area contributed by atoms with Gasteiger partial charge in [0, 0.05) is 5.56 Å². The van der Waals surface area contributed by atoms with Gasteiger partial charge < -0.3 is 9.90 Å². The minimum Gasteiger partial charge on any atom is -0.545 e. The molecule has 8 heteroatoms. The fourth-order valence-electron chi connectivity index (χ4n) is 2.50. The summed E-state index contributed by atoms with van der Waals surface area (Å²) in [6.07, 6.45) is -3.92. The van der Waals surface area contributed by atoms with E-state index in [0.29, 0.717) is 10.1 Å². The van der Waals surface area contributed by atoms with E-state index < -0.39 is 29.1 Å². The first-order valence-electron chi connectivity index (χ1n) is 7.46. The molecule has 25 heavy (non-hydrogen) atoms. The molecule has 2 aromatic heterocycles. The molecule has 130 valence electrons. The number of fused-ring (bicyclic) bond motifs is 1. The first-order valence-corrected chi connectivity index (χ1v) is 7.46. The van der Waals surface area contributed by atoms with E-state index in [1.54, 1.807) is 24.3 Å². The van der Waals surface area contributed by atoms with Gasteiger partial charge in [-0.3, -0.25) is 0 Å². The van der Waals surface area contributed by atoms with Crippen molar-refractivity contribution in [1.29, 1.82) is 0 Å². The van der Waals surface area contributed by atoms with Gasteiger partial charge in [0.2, 0.25) is 0 Å². The van der Waals surface area contributed by atoms with Crippen LogP contribution in [0.3, 0.4) is 0 Å². The molecule has 0 unspecified atom stereocenters. The smallest absolute Gasteiger partial charge is 0.433 e. The summed E-state index contributed by atoms with van der Waals surface area (Å²) < 4.78 is 40.5. The van der Waals surface area contributed by atoms with Gasteiger partial charge in [0.1, 0.15) is 0 Å². The van der Waals surface area contributed by atoms with Crippen LogP contribution in [0.15, 0.2) is 36.5 Å². The highest BCUT2D eigenvalue weighted by Crippen LogP contribution is 2.33. The molecule has 0 fully saturated rings. The molecule has 0 amide bonds. The van der Waals surface area contributed by atoms with Gasteiger partial charge in [0.15, 0.2) is 11.3 Å². The third-order valence-electron chi connectivity index (χ3n) is 3.86. The van der Waals surface area contributed by atoms with Crippen LogP contribution in [0.1, 0.15) is 41.4 Å². The minimum atomic E-state index is -4.72. The Labute approximate surface area is 140 Å². The van der Waals surface area contributed by atoms with Crippen LogP contribution >= 0.6 is 0 Å². The number of aromatic nitrogens is 3. The van der Waals surface area contributed by atoms with Crippen LogP contribution in [0, 0.1) is 0 Å². The van der Waals surface area contributed by atoms with Gasteiger partial charge >= 0.3 is 6.18 Å². The van der Waals surface area contributed by atoms with Gasteiger partial charge in [-0.05, 0) is 17.5 Å². The molecule has 0 aliphatic rings. The Morgan fingerprint density at radius 2 is 1.84 bits per heavy atom. The number of halogens is 3. The van der Waals surface area contributed by atoms with Crippen LogP contribution in [-0.4, -0.2) is 20.6 Å². The number of carboxylic acids is 1. The summed E-state index contributed by atoms with van der Waals surface area (Å²) in [6, 6.07) is 7.76. The van der Waals surface area contributed by atoms with Crippen molar-refractivity contribution in [2.45, 2.75) is 25.9 Å². The maximum absolute atomic E-state index is 13.3. The topological polar surface area (TPSA) is 70.3 Å². The van der Waals surface area contributed by atoms with Crippen molar-refractivity contribution >= 4 is 11.6 Å². The normalized spacial score (nSPS) is 12.1. The maximum Gasteiger partial charge on any atom is 0.433 e. The van der Waals surface area contributed by atoms with E-state index >= 15 is 0 Å². The van der Waals surface area contributed by atoms with Gasteiger partial charge in [-0.15, -0.1) is 0 Å². The number of rotatable bonds is 3. The van der Waals surface area contributed by atoms with Crippen LogP contribution in [0.4, 0.5) is 13.2 Å². The Balaban J connectivity index is 2.24. The minimum absolute atomic E-state index is 0.0122. The molecule has 0 saturated carbocycles. The van der Waals surface area contributed by atoms with Crippen molar-refractivity contribution in [2.75, 3.05) is 0 Å². The number of nitrogens with zero attached hydrogens (tertiary/aromatic N) is 3. The highest BCUT2D eigenvalue weighted by Gasteiger charge is 2.35. The molecule has 0 radical (unpaired) electrons. The first-order chi connectivity index (χ1) is 11.7. The Morgan fingerprint density at radius 1 is 1.20 bits per heavy atom. The summed E-state index contributed by atoms with van der Waals surface area (Å²) in [5, 5.41) is 14.6. The van der Waals surface area contributed by atoms with Gasteiger partial charge in [0.25, 0.3) is 0 Å². The fraction of sp³-hybridized carbons (Fsp3) is 0.235. The molecule has 0 aliphatic carbocycles. The highest BCUT2D eigenvalue weighted by molar-refractivity contribution is 5.93. The molecule has 1 aromatic carbocycles. The summed E-state index contributed by atoms with van der Waals surface area (Å²) in [6.45, 7) is 4.00. The number of alkyl halides is 3. The number of carboxylic acid groups (broad SMARTS) is 1. The van der Waals surface area contributed by atoms with Crippen molar-refractivity contribution in [2.24, 2.45) is 0 Å². The van der Waals surface area contributed by atoms with Crippen molar-refractivity contribution < 1.29 is 23.1 Å². The second-order valence-electron chi connectivity index (χ2n) is 5.88. The summed E-state index contributed by atoms with van der Waals surface area (Å²) in [5.41, 5.74) is -0.515. The van der Waals surface area contributed by atoms with Crippen molar-refractivity contribution in [3.05, 3.63) is 53.3 Å². The number of carbonyl (C=O) groups is 1. The van der Waals surface area contributed by atoms with Crippen molar-refractivity contribution in [3.63, 3.8) is 0 Å². The van der Waals surface area contributed by atoms with Crippen LogP contribution in [0.5, 0.6) is 0 Å². The average molecular weight is 348 g/mol. The van der Waals surface area contributed by atoms with E-state index in [1.165, 1.54) is 0 Å². The van der Waals surface area contributed by atoms with E-state index in [2.05, 4.69) is 10.1 Å². The molecular formula is C17H13F3N3O2-. The molecule has 0 saturated heterocycles. The highest BCUT2D eigenvalue weighted by atomic mass is 19.4. The molecule has 0 aliphatic heterocycles. The second kappa shape index (κ2) is 5.87. The van der Waals surface area contributed by atoms with Crippen molar-refractivity contribution in [3.8, 4) is 11.3 Å². The Kier molecular flexibility index (Phi) is 3.98. The molecule has 5 nitrogen and oxygen atoms in total. The van der Waals surface area contributed by atoms with E-state index in [4.69, 9.17) is 0 Å². The Bertz CT molecular complexity index is 944. The van der Waals surface area contributed by atoms with Gasteiger partial charge in [-0.25, -0.2) is 9.50 Å². The van der Waals surface area contributed by atoms with E-state index in [9.17, 15) is 23.1 Å². The zero-order chi connectivity index (χ0) is 18.4. The van der Waals surface area contributed by atoms with Crippen molar-refractivity contribution in [1.82, 2.24) is 14.6 Å². The molecule has 0 atom stereocenters. The second-order valence-corrected chi connectivity index (χ2v) is 5.88. The number of carbonyl (C=O) groups excluding carboxylic acids is 1. The number of hydrogen-bond donors (Lipinski definition) is 0. The van der Waals surface area contributed by atoms with E-state index in [-0.39, 0.29) is 11.6 Å².